The van der Waals surface area contributed by atoms with Gasteiger partial charge in [-0.15, -0.1) is 0 Å². The van der Waals surface area contributed by atoms with E-state index >= 15 is 0 Å². The van der Waals surface area contributed by atoms with Gasteiger partial charge < -0.3 is 30.3 Å². The Morgan fingerprint density at radius 1 is 1.22 bits per heavy atom. The molecular formula is C24H31FN4O8. The van der Waals surface area contributed by atoms with E-state index in [1.807, 2.05) is 0 Å². The molecule has 0 radical (unpaired) electrons. The van der Waals surface area contributed by atoms with Gasteiger partial charge in [-0.25, -0.2) is 9.59 Å². The first-order chi connectivity index (χ1) is 17.4. The molecule has 1 fully saturated rings. The van der Waals surface area contributed by atoms with Crippen LogP contribution in [0.25, 0.3) is 0 Å². The number of aliphatic hydroxyl groups excluding tert-OH is 2. The summed E-state index contributed by atoms with van der Waals surface area (Å²) in [6.45, 7) is 5.89. The van der Waals surface area contributed by atoms with E-state index in [4.69, 9.17) is 9.47 Å². The minimum absolute atomic E-state index is 0.0830. The number of aliphatic hydroxyl groups is 2. The van der Waals surface area contributed by atoms with Crippen LogP contribution in [0.3, 0.4) is 0 Å². The van der Waals surface area contributed by atoms with Gasteiger partial charge >= 0.3 is 11.8 Å². The van der Waals surface area contributed by atoms with E-state index in [-0.39, 0.29) is 18.6 Å². The van der Waals surface area contributed by atoms with E-state index in [0.717, 1.165) is 4.57 Å². The zero-order valence-electron chi connectivity index (χ0n) is 20.7. The maximum atomic E-state index is 13.7. The number of amides is 2. The average Bonchev–Trinajstić information content (AvgIpc) is 3.08. The Bertz CT molecular complexity index is 1240. The molecule has 0 bridgehead atoms. The summed E-state index contributed by atoms with van der Waals surface area (Å²) in [4.78, 5) is 49.6. The Morgan fingerprint density at radius 2 is 1.95 bits per heavy atom. The lowest BCUT2D eigenvalue weighted by molar-refractivity contribution is 0.0129. The molecular weight excluding hydrogens is 491 g/mol. The number of halogens is 1. The maximum absolute atomic E-state index is 13.7. The van der Waals surface area contributed by atoms with Crippen molar-refractivity contribution in [2.75, 3.05) is 13.2 Å². The molecule has 4 atom stereocenters. The van der Waals surface area contributed by atoms with Crippen molar-refractivity contribution in [3.05, 3.63) is 62.7 Å². The first kappa shape index (κ1) is 27.9. The number of H-pyrrole nitrogens is 1. The van der Waals surface area contributed by atoms with E-state index in [9.17, 15) is 33.8 Å². The molecule has 1 aliphatic rings. The third-order valence-electron chi connectivity index (χ3n) is 5.60. The predicted molar refractivity (Wildman–Crippen MR) is 129 cm³/mol. The fourth-order valence-corrected chi connectivity index (χ4v) is 3.88. The van der Waals surface area contributed by atoms with Crippen molar-refractivity contribution in [1.29, 1.82) is 0 Å². The molecule has 1 heterocycles. The van der Waals surface area contributed by atoms with Crippen LogP contribution < -0.4 is 26.6 Å². The fraction of sp³-hybridized carbons (Fsp3) is 0.500. The first-order valence-electron chi connectivity index (χ1n) is 11.7. The number of nitrogens with zero attached hydrogens (tertiary/aromatic N) is 1. The summed E-state index contributed by atoms with van der Waals surface area (Å²) in [5, 5.41) is 26.0. The van der Waals surface area contributed by atoms with E-state index < -0.39 is 59.0 Å². The number of rotatable bonds is 8. The second-order valence-corrected chi connectivity index (χ2v) is 9.67. The second-order valence-electron chi connectivity index (χ2n) is 9.67. The molecule has 0 aliphatic heterocycles. The lowest BCUT2D eigenvalue weighted by Crippen LogP contribution is -2.43. The normalized spacial score (nSPS) is 21.4. The van der Waals surface area contributed by atoms with Gasteiger partial charge in [0.25, 0.3) is 11.5 Å². The van der Waals surface area contributed by atoms with Crippen molar-refractivity contribution in [1.82, 2.24) is 20.2 Å². The number of carbonyl (C=O) groups is 2. The van der Waals surface area contributed by atoms with E-state index in [1.165, 1.54) is 12.1 Å². The molecule has 3 rings (SSSR count). The molecule has 202 valence electrons. The molecule has 0 spiro atoms. The summed E-state index contributed by atoms with van der Waals surface area (Å²) < 4.78 is 25.2. The van der Waals surface area contributed by atoms with Gasteiger partial charge in [-0.05, 0) is 51.8 Å². The van der Waals surface area contributed by atoms with Crippen LogP contribution in [-0.4, -0.2) is 68.8 Å². The van der Waals surface area contributed by atoms with Crippen molar-refractivity contribution in [2.24, 2.45) is 0 Å². The lowest BCUT2D eigenvalue weighted by Gasteiger charge is -2.19. The number of hydrogen-bond acceptors (Lipinski definition) is 8. The number of nitrogens with one attached hydrogen (secondary N) is 3. The van der Waals surface area contributed by atoms with Crippen LogP contribution >= 0.6 is 0 Å². The number of benzene rings is 1. The Kier molecular flexibility index (Phi) is 8.71. The summed E-state index contributed by atoms with van der Waals surface area (Å²) in [6.07, 6.45) is -2.38. The van der Waals surface area contributed by atoms with Crippen molar-refractivity contribution in [3.8, 4) is 5.75 Å². The molecule has 2 aromatic rings. The SMILES string of the molecule is CC(C)(C)OC(=O)NCCCOc1cccc(C(=O)N[C@@H]2C[C@H](n3cc(F)c(=O)[nH]c3=O)[C@@H](O)[C@H]2O)c1. The van der Waals surface area contributed by atoms with Gasteiger partial charge in [0.05, 0.1) is 24.9 Å². The fourth-order valence-electron chi connectivity index (χ4n) is 3.88. The molecule has 1 aromatic carbocycles. The number of aromatic amines is 1. The standard InChI is InChI=1S/C24H31FN4O8/c1-24(2,3)37-23(35)26-8-5-9-36-14-7-4-6-13(10-14)20(32)27-16-11-17(19(31)18(16)30)29-12-15(25)21(33)28-22(29)34/h4,6-7,10,12,16-19,30-31H,5,8-9,11H2,1-3H3,(H,26,35)(H,27,32)(H,28,33,34)/t16-,17+,18+,19-/m1/s1. The maximum Gasteiger partial charge on any atom is 0.407 e. The zero-order valence-corrected chi connectivity index (χ0v) is 20.7. The minimum Gasteiger partial charge on any atom is -0.494 e. The summed E-state index contributed by atoms with van der Waals surface area (Å²) >= 11 is 0. The molecule has 0 unspecified atom stereocenters. The third-order valence-corrected chi connectivity index (χ3v) is 5.60. The molecule has 1 aromatic heterocycles. The summed E-state index contributed by atoms with van der Waals surface area (Å²) in [5.74, 6) is -1.37. The molecule has 5 N–H and O–H groups in total. The van der Waals surface area contributed by atoms with Crippen LogP contribution in [0.5, 0.6) is 5.75 Å². The van der Waals surface area contributed by atoms with Gasteiger partial charge in [0.1, 0.15) is 23.6 Å². The quantitative estimate of drug-likeness (QED) is 0.311. The van der Waals surface area contributed by atoms with Gasteiger partial charge in [0.2, 0.25) is 5.82 Å². The van der Waals surface area contributed by atoms with E-state index in [2.05, 4.69) is 10.6 Å². The summed E-state index contributed by atoms with van der Waals surface area (Å²) in [6, 6.07) is 4.27. The van der Waals surface area contributed by atoms with Gasteiger partial charge in [-0.1, -0.05) is 6.07 Å². The highest BCUT2D eigenvalue weighted by atomic mass is 19.1. The number of carbonyl (C=O) groups excluding carboxylic acids is 2. The van der Waals surface area contributed by atoms with Crippen molar-refractivity contribution < 1.29 is 33.7 Å². The van der Waals surface area contributed by atoms with Gasteiger partial charge in [0, 0.05) is 12.1 Å². The molecule has 12 nitrogen and oxygen atoms in total. The monoisotopic (exact) mass is 522 g/mol. The number of alkyl carbamates (subject to hydrolysis) is 1. The zero-order chi connectivity index (χ0) is 27.3. The molecule has 0 saturated heterocycles. The lowest BCUT2D eigenvalue weighted by atomic mass is 10.1. The molecule has 13 heteroatoms. The van der Waals surface area contributed by atoms with Crippen molar-refractivity contribution in [3.63, 3.8) is 0 Å². The molecule has 37 heavy (non-hydrogen) atoms. The van der Waals surface area contributed by atoms with Crippen LogP contribution in [0.1, 0.15) is 50.0 Å². The molecule has 2 amide bonds. The van der Waals surface area contributed by atoms with Gasteiger partial charge in [-0.2, -0.15) is 4.39 Å². The number of hydrogen-bond donors (Lipinski definition) is 5. The van der Waals surface area contributed by atoms with Crippen LogP contribution in [0.2, 0.25) is 0 Å². The van der Waals surface area contributed by atoms with E-state index in [0.29, 0.717) is 24.9 Å². The van der Waals surface area contributed by atoms with Crippen molar-refractivity contribution >= 4 is 12.0 Å². The highest BCUT2D eigenvalue weighted by Gasteiger charge is 2.43. The van der Waals surface area contributed by atoms with Crippen molar-refractivity contribution in [2.45, 2.75) is 63.5 Å². The summed E-state index contributed by atoms with van der Waals surface area (Å²) in [5.41, 5.74) is -2.50. The highest BCUT2D eigenvalue weighted by molar-refractivity contribution is 5.94. The largest absolute Gasteiger partial charge is 0.494 e. The minimum atomic E-state index is -1.49. The average molecular weight is 523 g/mol. The van der Waals surface area contributed by atoms with Gasteiger partial charge in [-0.3, -0.25) is 19.1 Å². The van der Waals surface area contributed by atoms with Gasteiger partial charge in [0.15, 0.2) is 0 Å². The van der Waals surface area contributed by atoms with Crippen LogP contribution in [0.15, 0.2) is 40.1 Å². The molecule has 1 aliphatic carbocycles. The Balaban J connectivity index is 1.54. The number of aromatic nitrogens is 2. The Hall–Kier alpha value is -3.71. The smallest absolute Gasteiger partial charge is 0.407 e. The highest BCUT2D eigenvalue weighted by Crippen LogP contribution is 2.30. The topological polar surface area (TPSA) is 172 Å². The van der Waals surface area contributed by atoms with Crippen LogP contribution in [-0.2, 0) is 4.74 Å². The van der Waals surface area contributed by atoms with Crippen LogP contribution in [0.4, 0.5) is 9.18 Å². The first-order valence-corrected chi connectivity index (χ1v) is 11.7. The number of ether oxygens (including phenoxy) is 2. The van der Waals surface area contributed by atoms with E-state index in [1.54, 1.807) is 37.9 Å². The predicted octanol–water partition coefficient (Wildman–Crippen LogP) is 0.435. The molecule has 1 saturated carbocycles. The summed E-state index contributed by atoms with van der Waals surface area (Å²) in [7, 11) is 0. The van der Waals surface area contributed by atoms with Crippen LogP contribution in [0, 0.1) is 5.82 Å². The Labute approximate surface area is 211 Å². The third kappa shape index (κ3) is 7.40. The second kappa shape index (κ2) is 11.6. The Morgan fingerprint density at radius 3 is 2.65 bits per heavy atom.